The van der Waals surface area contributed by atoms with E-state index in [1.807, 2.05) is 6.07 Å². The Labute approximate surface area is 124 Å². The topological polar surface area (TPSA) is 44.4 Å². The van der Waals surface area contributed by atoms with Crippen LogP contribution in [0.3, 0.4) is 0 Å². The van der Waals surface area contributed by atoms with Crippen LogP contribution >= 0.6 is 0 Å². The summed E-state index contributed by atoms with van der Waals surface area (Å²) >= 11 is 0. The maximum absolute atomic E-state index is 14.2. The SMILES string of the molecule is CN(CC(=O)NC1CC1)c1ccc(CNC2CC2)cc1F. The van der Waals surface area contributed by atoms with Gasteiger partial charge in [-0.2, -0.15) is 0 Å². The molecule has 0 aromatic heterocycles. The van der Waals surface area contributed by atoms with E-state index in [-0.39, 0.29) is 18.3 Å². The van der Waals surface area contributed by atoms with E-state index < -0.39 is 0 Å². The molecule has 4 nitrogen and oxygen atoms in total. The number of hydrogen-bond donors (Lipinski definition) is 2. The number of benzene rings is 1. The Morgan fingerprint density at radius 2 is 2.00 bits per heavy atom. The molecule has 0 aliphatic heterocycles. The van der Waals surface area contributed by atoms with Crippen LogP contribution in [0.4, 0.5) is 10.1 Å². The largest absolute Gasteiger partial charge is 0.363 e. The molecule has 0 bridgehead atoms. The first kappa shape index (κ1) is 14.3. The summed E-state index contributed by atoms with van der Waals surface area (Å²) in [5, 5.41) is 6.28. The number of anilines is 1. The molecule has 1 aromatic rings. The summed E-state index contributed by atoms with van der Waals surface area (Å²) in [5.41, 5.74) is 1.41. The Balaban J connectivity index is 1.56. The summed E-state index contributed by atoms with van der Waals surface area (Å²) in [7, 11) is 1.74. The second-order valence-corrected chi connectivity index (χ2v) is 6.14. The molecule has 2 N–H and O–H groups in total. The Morgan fingerprint density at radius 3 is 2.62 bits per heavy atom. The van der Waals surface area contributed by atoms with Gasteiger partial charge in [0, 0.05) is 25.7 Å². The molecule has 2 saturated carbocycles. The monoisotopic (exact) mass is 291 g/mol. The number of nitrogens with one attached hydrogen (secondary N) is 2. The van der Waals surface area contributed by atoms with E-state index in [4.69, 9.17) is 0 Å². The van der Waals surface area contributed by atoms with E-state index in [0.29, 0.717) is 24.3 Å². The minimum Gasteiger partial charge on any atom is -0.363 e. The highest BCUT2D eigenvalue weighted by Crippen LogP contribution is 2.22. The van der Waals surface area contributed by atoms with E-state index >= 15 is 0 Å². The third kappa shape index (κ3) is 4.17. The molecule has 0 unspecified atom stereocenters. The van der Waals surface area contributed by atoms with Gasteiger partial charge < -0.3 is 15.5 Å². The molecular formula is C16H22FN3O. The molecule has 114 valence electrons. The number of carbonyl (C=O) groups is 1. The van der Waals surface area contributed by atoms with Gasteiger partial charge in [0.15, 0.2) is 0 Å². The number of carbonyl (C=O) groups excluding carboxylic acids is 1. The van der Waals surface area contributed by atoms with Crippen LogP contribution in [0.25, 0.3) is 0 Å². The number of halogens is 1. The van der Waals surface area contributed by atoms with Gasteiger partial charge in [0.1, 0.15) is 5.82 Å². The van der Waals surface area contributed by atoms with Gasteiger partial charge in [-0.25, -0.2) is 4.39 Å². The van der Waals surface area contributed by atoms with Crippen molar-refractivity contribution in [2.24, 2.45) is 0 Å². The number of likely N-dealkylation sites (N-methyl/N-ethyl adjacent to an activating group) is 1. The first-order chi connectivity index (χ1) is 10.1. The molecule has 2 fully saturated rings. The molecule has 3 rings (SSSR count). The summed E-state index contributed by atoms with van der Waals surface area (Å²) < 4.78 is 14.2. The number of amides is 1. The molecule has 1 amide bonds. The number of hydrogen-bond acceptors (Lipinski definition) is 3. The summed E-state index contributed by atoms with van der Waals surface area (Å²) in [6.45, 7) is 0.890. The van der Waals surface area contributed by atoms with E-state index in [0.717, 1.165) is 18.4 Å². The minimum absolute atomic E-state index is 0.0427. The van der Waals surface area contributed by atoms with Crippen LogP contribution in [0.2, 0.25) is 0 Å². The molecule has 5 heteroatoms. The molecule has 0 radical (unpaired) electrons. The second-order valence-electron chi connectivity index (χ2n) is 6.14. The van der Waals surface area contributed by atoms with Crippen LogP contribution in [0.5, 0.6) is 0 Å². The van der Waals surface area contributed by atoms with Gasteiger partial charge in [-0.3, -0.25) is 4.79 Å². The van der Waals surface area contributed by atoms with Crippen LogP contribution in [-0.4, -0.2) is 31.6 Å². The smallest absolute Gasteiger partial charge is 0.239 e. The van der Waals surface area contributed by atoms with E-state index in [1.165, 1.54) is 12.8 Å². The van der Waals surface area contributed by atoms with Crippen LogP contribution in [0.15, 0.2) is 18.2 Å². The van der Waals surface area contributed by atoms with Gasteiger partial charge in [0.05, 0.1) is 12.2 Å². The summed E-state index contributed by atoms with van der Waals surface area (Å²) in [4.78, 5) is 13.4. The van der Waals surface area contributed by atoms with Gasteiger partial charge in [-0.1, -0.05) is 6.07 Å². The summed E-state index contributed by atoms with van der Waals surface area (Å²) in [5.74, 6) is -0.314. The standard InChI is InChI=1S/C16H22FN3O/c1-20(10-16(21)19-13-5-6-13)15-7-2-11(8-14(15)17)9-18-12-3-4-12/h2,7-8,12-13,18H,3-6,9-10H2,1H3,(H,19,21). The zero-order valence-electron chi connectivity index (χ0n) is 12.4. The Hall–Kier alpha value is -1.62. The fraction of sp³-hybridized carbons (Fsp3) is 0.562. The third-order valence-electron chi connectivity index (χ3n) is 3.92. The molecule has 2 aliphatic carbocycles. The molecule has 2 aliphatic rings. The molecule has 0 spiro atoms. The van der Waals surface area contributed by atoms with Crippen molar-refractivity contribution < 1.29 is 9.18 Å². The van der Waals surface area contributed by atoms with Gasteiger partial charge in [0.25, 0.3) is 0 Å². The van der Waals surface area contributed by atoms with Crippen LogP contribution in [-0.2, 0) is 11.3 Å². The summed E-state index contributed by atoms with van der Waals surface area (Å²) in [6.07, 6.45) is 4.57. The van der Waals surface area contributed by atoms with Crippen molar-refractivity contribution in [1.29, 1.82) is 0 Å². The molecular weight excluding hydrogens is 269 g/mol. The van der Waals surface area contributed by atoms with E-state index in [2.05, 4.69) is 10.6 Å². The van der Waals surface area contributed by atoms with Crippen molar-refractivity contribution in [2.45, 2.75) is 44.3 Å². The average molecular weight is 291 g/mol. The van der Waals surface area contributed by atoms with Crippen molar-refractivity contribution in [1.82, 2.24) is 10.6 Å². The van der Waals surface area contributed by atoms with Gasteiger partial charge in [-0.05, 0) is 43.4 Å². The van der Waals surface area contributed by atoms with Crippen LogP contribution in [0.1, 0.15) is 31.2 Å². The normalized spacial score (nSPS) is 17.6. The fourth-order valence-electron chi connectivity index (χ4n) is 2.32. The van der Waals surface area contributed by atoms with Crippen molar-refractivity contribution >= 4 is 11.6 Å². The first-order valence-electron chi connectivity index (χ1n) is 7.64. The van der Waals surface area contributed by atoms with Crippen molar-refractivity contribution in [3.63, 3.8) is 0 Å². The molecule has 1 aromatic carbocycles. The maximum Gasteiger partial charge on any atom is 0.239 e. The van der Waals surface area contributed by atoms with Gasteiger partial charge in [-0.15, -0.1) is 0 Å². The van der Waals surface area contributed by atoms with Gasteiger partial charge >= 0.3 is 0 Å². The highest BCUT2D eigenvalue weighted by molar-refractivity contribution is 5.81. The lowest BCUT2D eigenvalue weighted by atomic mass is 10.2. The zero-order chi connectivity index (χ0) is 14.8. The molecule has 21 heavy (non-hydrogen) atoms. The molecule has 0 saturated heterocycles. The summed E-state index contributed by atoms with van der Waals surface area (Å²) in [6, 6.07) is 6.18. The molecule has 0 atom stereocenters. The lowest BCUT2D eigenvalue weighted by Crippen LogP contribution is -2.36. The van der Waals surface area contributed by atoms with Gasteiger partial charge in [0.2, 0.25) is 5.91 Å². The number of nitrogens with zero attached hydrogens (tertiary/aromatic N) is 1. The lowest BCUT2D eigenvalue weighted by molar-refractivity contribution is -0.119. The van der Waals surface area contributed by atoms with Crippen LogP contribution in [0, 0.1) is 5.82 Å². The molecule has 0 heterocycles. The Morgan fingerprint density at radius 1 is 1.29 bits per heavy atom. The Bertz CT molecular complexity index is 526. The third-order valence-corrected chi connectivity index (χ3v) is 3.92. The first-order valence-corrected chi connectivity index (χ1v) is 7.64. The average Bonchev–Trinajstić information content (AvgIpc) is 3.31. The van der Waals surface area contributed by atoms with E-state index in [9.17, 15) is 9.18 Å². The number of rotatable bonds is 7. The predicted octanol–water partition coefficient (Wildman–Crippen LogP) is 1.79. The highest BCUT2D eigenvalue weighted by atomic mass is 19.1. The van der Waals surface area contributed by atoms with Crippen molar-refractivity contribution in [3.05, 3.63) is 29.6 Å². The Kier molecular flexibility index (Phi) is 4.10. The fourth-order valence-corrected chi connectivity index (χ4v) is 2.32. The van der Waals surface area contributed by atoms with Crippen molar-refractivity contribution in [2.75, 3.05) is 18.5 Å². The minimum atomic E-state index is -0.271. The maximum atomic E-state index is 14.2. The highest BCUT2D eigenvalue weighted by Gasteiger charge is 2.24. The predicted molar refractivity (Wildman–Crippen MR) is 80.7 cm³/mol. The van der Waals surface area contributed by atoms with E-state index in [1.54, 1.807) is 24.1 Å². The lowest BCUT2D eigenvalue weighted by Gasteiger charge is -2.20. The zero-order valence-corrected chi connectivity index (χ0v) is 12.4. The van der Waals surface area contributed by atoms with Crippen LogP contribution < -0.4 is 15.5 Å². The second kappa shape index (κ2) is 6.02. The quantitative estimate of drug-likeness (QED) is 0.805. The van der Waals surface area contributed by atoms with Crippen molar-refractivity contribution in [3.8, 4) is 0 Å².